The lowest BCUT2D eigenvalue weighted by Gasteiger charge is -2.11. The second kappa shape index (κ2) is 8.81. The number of esters is 2. The van der Waals surface area contributed by atoms with Crippen molar-refractivity contribution >= 4 is 46.7 Å². The van der Waals surface area contributed by atoms with Gasteiger partial charge in [0.05, 0.1) is 41.7 Å². The topological polar surface area (TPSA) is 111 Å². The van der Waals surface area contributed by atoms with E-state index in [2.05, 4.69) is 20.1 Å². The van der Waals surface area contributed by atoms with E-state index in [-0.39, 0.29) is 27.5 Å². The summed E-state index contributed by atoms with van der Waals surface area (Å²) in [4.78, 5) is 47.6. The van der Waals surface area contributed by atoms with Gasteiger partial charge in [0.1, 0.15) is 0 Å². The first-order valence-corrected chi connectivity index (χ1v) is 7.92. The van der Waals surface area contributed by atoms with Crippen molar-refractivity contribution in [2.75, 3.05) is 24.9 Å². The van der Waals surface area contributed by atoms with E-state index in [1.54, 1.807) is 12.1 Å². The Morgan fingerprint density at radius 2 is 1.41 bits per heavy atom. The summed E-state index contributed by atoms with van der Waals surface area (Å²) in [6, 6.07) is 10.1. The van der Waals surface area contributed by atoms with Gasteiger partial charge in [-0.25, -0.2) is 9.59 Å². The number of anilines is 2. The highest BCUT2D eigenvalue weighted by molar-refractivity contribution is 6.45. The normalized spacial score (nSPS) is 9.89. The molecule has 140 valence electrons. The highest BCUT2D eigenvalue weighted by atomic mass is 35.5. The quantitative estimate of drug-likeness (QED) is 0.613. The number of nitrogens with one attached hydrogen (secondary N) is 2. The molecule has 0 atom stereocenters. The van der Waals surface area contributed by atoms with Crippen molar-refractivity contribution < 1.29 is 28.7 Å². The van der Waals surface area contributed by atoms with Crippen molar-refractivity contribution in [3.05, 3.63) is 58.6 Å². The van der Waals surface area contributed by atoms with Crippen LogP contribution in [0.15, 0.2) is 42.5 Å². The van der Waals surface area contributed by atoms with Gasteiger partial charge in [-0.3, -0.25) is 9.59 Å². The number of hydrogen-bond acceptors (Lipinski definition) is 6. The van der Waals surface area contributed by atoms with Gasteiger partial charge >= 0.3 is 23.8 Å². The van der Waals surface area contributed by atoms with Gasteiger partial charge in [0.25, 0.3) is 0 Å². The second-order valence-corrected chi connectivity index (χ2v) is 5.54. The number of hydrogen-bond donors (Lipinski definition) is 2. The summed E-state index contributed by atoms with van der Waals surface area (Å²) < 4.78 is 9.22. The molecule has 9 heteroatoms. The van der Waals surface area contributed by atoms with Crippen LogP contribution in [0.4, 0.5) is 11.4 Å². The highest BCUT2D eigenvalue weighted by Crippen LogP contribution is 2.23. The average Bonchev–Trinajstić information content (AvgIpc) is 2.68. The Kier molecular flexibility index (Phi) is 6.51. The molecule has 0 saturated heterocycles. The number of carbonyl (C=O) groups excluding carboxylic acids is 4. The van der Waals surface area contributed by atoms with Crippen LogP contribution in [0.1, 0.15) is 20.7 Å². The van der Waals surface area contributed by atoms with Crippen molar-refractivity contribution in [3.8, 4) is 0 Å². The summed E-state index contributed by atoms with van der Waals surface area (Å²) in [6.07, 6.45) is 0. The zero-order valence-corrected chi connectivity index (χ0v) is 15.1. The summed E-state index contributed by atoms with van der Waals surface area (Å²) in [5.74, 6) is -3.37. The molecule has 2 amide bonds. The molecule has 2 aromatic rings. The molecule has 0 heterocycles. The highest BCUT2D eigenvalue weighted by Gasteiger charge is 2.20. The van der Waals surface area contributed by atoms with E-state index < -0.39 is 23.8 Å². The number of carbonyl (C=O) groups is 4. The Hall–Kier alpha value is -3.39. The Bertz CT molecular complexity index is 912. The van der Waals surface area contributed by atoms with Gasteiger partial charge in [0.15, 0.2) is 0 Å². The molecule has 0 bridgehead atoms. The van der Waals surface area contributed by atoms with E-state index in [0.29, 0.717) is 0 Å². The molecule has 0 aromatic heterocycles. The summed E-state index contributed by atoms with van der Waals surface area (Å²) in [7, 11) is 2.41. The first kappa shape index (κ1) is 19.9. The standard InChI is InChI=1S/C18H15ClN2O6/c1-26-17(24)10-7-8-12(19)14(9-10)21-16(23)15(22)20-13-6-4-3-5-11(13)18(25)27-2/h3-9H,1-2H3,(H,20,22)(H,21,23). The number of methoxy groups -OCH3 is 2. The second-order valence-electron chi connectivity index (χ2n) is 5.13. The minimum Gasteiger partial charge on any atom is -0.465 e. The monoisotopic (exact) mass is 390 g/mol. The predicted molar refractivity (Wildman–Crippen MR) is 97.8 cm³/mol. The molecule has 0 spiro atoms. The fourth-order valence-electron chi connectivity index (χ4n) is 2.10. The molecule has 0 aliphatic carbocycles. The molecule has 0 aliphatic heterocycles. The van der Waals surface area contributed by atoms with Crippen LogP contribution in [0.5, 0.6) is 0 Å². The molecule has 2 rings (SSSR count). The van der Waals surface area contributed by atoms with Crippen LogP contribution in [0, 0.1) is 0 Å². The minimum atomic E-state index is -1.04. The molecule has 8 nitrogen and oxygen atoms in total. The average molecular weight is 391 g/mol. The Morgan fingerprint density at radius 1 is 0.815 bits per heavy atom. The minimum absolute atomic E-state index is 0.0565. The third-order valence-electron chi connectivity index (χ3n) is 3.42. The van der Waals surface area contributed by atoms with Crippen LogP contribution >= 0.6 is 11.6 Å². The van der Waals surface area contributed by atoms with Crippen LogP contribution in [-0.2, 0) is 19.1 Å². The van der Waals surface area contributed by atoms with Gasteiger partial charge in [0, 0.05) is 0 Å². The van der Waals surface area contributed by atoms with Gasteiger partial charge in [0.2, 0.25) is 0 Å². The van der Waals surface area contributed by atoms with Crippen molar-refractivity contribution in [2.45, 2.75) is 0 Å². The molecule has 0 unspecified atom stereocenters. The third kappa shape index (κ3) is 4.83. The van der Waals surface area contributed by atoms with E-state index >= 15 is 0 Å². The Labute approximate surface area is 159 Å². The first-order valence-electron chi connectivity index (χ1n) is 7.55. The lowest BCUT2D eigenvalue weighted by Crippen LogP contribution is -2.30. The van der Waals surface area contributed by atoms with Crippen LogP contribution in [0.2, 0.25) is 5.02 Å². The van der Waals surface area contributed by atoms with Gasteiger partial charge in [-0.2, -0.15) is 0 Å². The molecule has 0 fully saturated rings. The molecule has 0 aliphatic rings. The molecular formula is C18H15ClN2O6. The summed E-state index contributed by atoms with van der Waals surface area (Å²) in [5.41, 5.74) is 0.403. The van der Waals surface area contributed by atoms with Crippen molar-refractivity contribution in [2.24, 2.45) is 0 Å². The SMILES string of the molecule is COC(=O)c1ccc(Cl)c(NC(=O)C(=O)Nc2ccccc2C(=O)OC)c1. The van der Waals surface area contributed by atoms with E-state index in [1.807, 2.05) is 0 Å². The fraction of sp³-hybridized carbons (Fsp3) is 0.111. The van der Waals surface area contributed by atoms with Gasteiger partial charge in [-0.05, 0) is 30.3 Å². The summed E-state index contributed by atoms with van der Waals surface area (Å²) in [5, 5.41) is 4.76. The van der Waals surface area contributed by atoms with Crippen molar-refractivity contribution in [3.63, 3.8) is 0 Å². The lowest BCUT2D eigenvalue weighted by molar-refractivity contribution is -0.133. The Morgan fingerprint density at radius 3 is 2.04 bits per heavy atom. The number of benzene rings is 2. The van der Waals surface area contributed by atoms with Gasteiger partial charge in [-0.15, -0.1) is 0 Å². The lowest BCUT2D eigenvalue weighted by atomic mass is 10.1. The van der Waals surface area contributed by atoms with Gasteiger partial charge in [-0.1, -0.05) is 23.7 Å². The third-order valence-corrected chi connectivity index (χ3v) is 3.75. The van der Waals surface area contributed by atoms with E-state index in [1.165, 1.54) is 44.6 Å². The van der Waals surface area contributed by atoms with Crippen LogP contribution < -0.4 is 10.6 Å². The number of amides is 2. The van der Waals surface area contributed by atoms with Gasteiger partial charge < -0.3 is 20.1 Å². The van der Waals surface area contributed by atoms with Crippen LogP contribution in [0.25, 0.3) is 0 Å². The smallest absolute Gasteiger partial charge is 0.339 e. The fourth-order valence-corrected chi connectivity index (χ4v) is 2.27. The zero-order chi connectivity index (χ0) is 20.0. The molecule has 0 radical (unpaired) electrons. The number of rotatable bonds is 4. The summed E-state index contributed by atoms with van der Waals surface area (Å²) in [6.45, 7) is 0. The largest absolute Gasteiger partial charge is 0.465 e. The maximum Gasteiger partial charge on any atom is 0.339 e. The zero-order valence-electron chi connectivity index (χ0n) is 14.4. The van der Waals surface area contributed by atoms with E-state index in [9.17, 15) is 19.2 Å². The van der Waals surface area contributed by atoms with Crippen molar-refractivity contribution in [1.29, 1.82) is 0 Å². The Balaban J connectivity index is 2.17. The predicted octanol–water partition coefficient (Wildman–Crippen LogP) is 2.49. The maximum atomic E-state index is 12.2. The molecular weight excluding hydrogens is 376 g/mol. The number of halogens is 1. The van der Waals surface area contributed by atoms with Crippen LogP contribution in [-0.4, -0.2) is 38.0 Å². The number of ether oxygens (including phenoxy) is 2. The first-order chi connectivity index (χ1) is 12.9. The molecule has 2 aromatic carbocycles. The summed E-state index contributed by atoms with van der Waals surface area (Å²) >= 11 is 5.98. The molecule has 0 saturated carbocycles. The molecule has 27 heavy (non-hydrogen) atoms. The van der Waals surface area contributed by atoms with Crippen molar-refractivity contribution in [1.82, 2.24) is 0 Å². The van der Waals surface area contributed by atoms with Crippen LogP contribution in [0.3, 0.4) is 0 Å². The molecule has 2 N–H and O–H groups in total. The van der Waals surface area contributed by atoms with E-state index in [4.69, 9.17) is 11.6 Å². The number of para-hydroxylation sites is 1. The van der Waals surface area contributed by atoms with E-state index in [0.717, 1.165) is 0 Å². The maximum absolute atomic E-state index is 12.2.